The summed E-state index contributed by atoms with van der Waals surface area (Å²) >= 11 is 4.36. The Hall–Kier alpha value is 0.270. The van der Waals surface area contributed by atoms with Crippen molar-refractivity contribution in [2.45, 2.75) is 19.8 Å². The minimum absolute atomic E-state index is 0.641. The van der Waals surface area contributed by atoms with Crippen LogP contribution in [-0.2, 0) is 0 Å². The van der Waals surface area contributed by atoms with Crippen molar-refractivity contribution in [3.63, 3.8) is 0 Å². The fourth-order valence-electron chi connectivity index (χ4n) is 2.16. The third-order valence-electron chi connectivity index (χ3n) is 3.28. The van der Waals surface area contributed by atoms with Crippen LogP contribution in [0.4, 0.5) is 0 Å². The lowest BCUT2D eigenvalue weighted by molar-refractivity contribution is 0.162. The topological polar surface area (TPSA) is 29.3 Å². The largest absolute Gasteiger partial charge is 0.330 e. The highest BCUT2D eigenvalue weighted by atomic mass is 32.1. The van der Waals surface area contributed by atoms with Gasteiger partial charge in [0.05, 0.1) is 0 Å². The summed E-state index contributed by atoms with van der Waals surface area (Å²) in [6.07, 6.45) is 2.63. The molecule has 1 heterocycles. The van der Waals surface area contributed by atoms with Gasteiger partial charge in [-0.05, 0) is 56.6 Å². The fraction of sp³-hybridized carbons (Fsp3) is 1.00. The van der Waals surface area contributed by atoms with Crippen LogP contribution in [0.3, 0.4) is 0 Å². The van der Waals surface area contributed by atoms with E-state index in [4.69, 9.17) is 5.73 Å². The van der Waals surface area contributed by atoms with Gasteiger partial charge in [-0.1, -0.05) is 6.92 Å². The fourth-order valence-corrected chi connectivity index (χ4v) is 2.60. The minimum Gasteiger partial charge on any atom is -0.330 e. The van der Waals surface area contributed by atoms with E-state index in [-0.39, 0.29) is 0 Å². The molecular weight excluding hydrogens is 180 g/mol. The van der Waals surface area contributed by atoms with Crippen LogP contribution < -0.4 is 5.73 Å². The highest BCUT2D eigenvalue weighted by Crippen LogP contribution is 2.25. The SMILES string of the molecule is CCN1CCC(C(CN)CS)CC1. The predicted octanol–water partition coefficient (Wildman–Crippen LogP) is 1.22. The number of piperidine rings is 1. The van der Waals surface area contributed by atoms with Crippen LogP contribution in [0.2, 0.25) is 0 Å². The number of rotatable bonds is 4. The quantitative estimate of drug-likeness (QED) is 0.671. The number of hydrogen-bond acceptors (Lipinski definition) is 3. The van der Waals surface area contributed by atoms with Crippen molar-refractivity contribution < 1.29 is 0 Å². The van der Waals surface area contributed by atoms with Gasteiger partial charge in [-0.3, -0.25) is 0 Å². The second-order valence-electron chi connectivity index (χ2n) is 3.95. The summed E-state index contributed by atoms with van der Waals surface area (Å²) in [7, 11) is 0. The highest BCUT2D eigenvalue weighted by Gasteiger charge is 2.23. The van der Waals surface area contributed by atoms with E-state index in [0.717, 1.165) is 18.2 Å². The third-order valence-corrected chi connectivity index (χ3v) is 3.75. The third kappa shape index (κ3) is 3.15. The molecule has 0 aromatic carbocycles. The van der Waals surface area contributed by atoms with Crippen LogP contribution >= 0.6 is 12.6 Å². The number of nitrogens with two attached hydrogens (primary N) is 1. The van der Waals surface area contributed by atoms with Gasteiger partial charge < -0.3 is 10.6 Å². The number of nitrogens with zero attached hydrogens (tertiary/aromatic N) is 1. The van der Waals surface area contributed by atoms with Crippen molar-refractivity contribution >= 4 is 12.6 Å². The zero-order valence-corrected chi connectivity index (χ0v) is 9.47. The Labute approximate surface area is 87.3 Å². The van der Waals surface area contributed by atoms with Crippen molar-refractivity contribution in [1.82, 2.24) is 4.90 Å². The van der Waals surface area contributed by atoms with Gasteiger partial charge in [0.1, 0.15) is 0 Å². The normalized spacial score (nSPS) is 23.3. The van der Waals surface area contributed by atoms with Gasteiger partial charge in [-0.25, -0.2) is 0 Å². The van der Waals surface area contributed by atoms with Gasteiger partial charge in [0.25, 0.3) is 0 Å². The first-order valence-electron chi connectivity index (χ1n) is 5.35. The lowest BCUT2D eigenvalue weighted by atomic mass is 9.85. The molecule has 2 N–H and O–H groups in total. The molecule has 0 spiro atoms. The first-order chi connectivity index (χ1) is 6.31. The van der Waals surface area contributed by atoms with E-state index in [2.05, 4.69) is 24.5 Å². The Morgan fingerprint density at radius 3 is 2.46 bits per heavy atom. The molecule has 1 aliphatic rings. The maximum Gasteiger partial charge on any atom is -0.00161 e. The second-order valence-corrected chi connectivity index (χ2v) is 4.32. The summed E-state index contributed by atoms with van der Waals surface area (Å²) in [4.78, 5) is 2.52. The highest BCUT2D eigenvalue weighted by molar-refractivity contribution is 7.80. The van der Waals surface area contributed by atoms with Gasteiger partial charge in [0.15, 0.2) is 0 Å². The summed E-state index contributed by atoms with van der Waals surface area (Å²) in [5.74, 6) is 2.42. The Balaban J connectivity index is 2.30. The van der Waals surface area contributed by atoms with E-state index in [9.17, 15) is 0 Å². The number of likely N-dealkylation sites (tertiary alicyclic amines) is 1. The van der Waals surface area contributed by atoms with Crippen LogP contribution in [0, 0.1) is 11.8 Å². The lowest BCUT2D eigenvalue weighted by Gasteiger charge is -2.34. The van der Waals surface area contributed by atoms with E-state index in [1.807, 2.05) is 0 Å². The molecule has 1 aliphatic heterocycles. The van der Waals surface area contributed by atoms with Gasteiger partial charge in [0, 0.05) is 0 Å². The maximum atomic E-state index is 5.72. The van der Waals surface area contributed by atoms with Crippen molar-refractivity contribution in [3.05, 3.63) is 0 Å². The molecule has 0 aliphatic carbocycles. The van der Waals surface area contributed by atoms with Crippen LogP contribution in [-0.4, -0.2) is 36.8 Å². The zero-order valence-electron chi connectivity index (χ0n) is 8.58. The number of hydrogen-bond donors (Lipinski definition) is 2. The summed E-state index contributed by atoms with van der Waals surface area (Å²) in [5.41, 5.74) is 5.72. The van der Waals surface area contributed by atoms with Crippen molar-refractivity contribution in [2.24, 2.45) is 17.6 Å². The van der Waals surface area contributed by atoms with Gasteiger partial charge in [-0.2, -0.15) is 12.6 Å². The molecule has 1 rings (SSSR count). The molecule has 0 amide bonds. The smallest absolute Gasteiger partial charge is 0.00161 e. The molecule has 1 saturated heterocycles. The average molecular weight is 202 g/mol. The van der Waals surface area contributed by atoms with Crippen molar-refractivity contribution in [1.29, 1.82) is 0 Å². The van der Waals surface area contributed by atoms with E-state index in [1.54, 1.807) is 0 Å². The monoisotopic (exact) mass is 202 g/mol. The van der Waals surface area contributed by atoms with Crippen molar-refractivity contribution in [3.8, 4) is 0 Å². The molecule has 1 unspecified atom stereocenters. The van der Waals surface area contributed by atoms with E-state index in [1.165, 1.54) is 32.5 Å². The van der Waals surface area contributed by atoms with Gasteiger partial charge in [0.2, 0.25) is 0 Å². The molecule has 1 atom stereocenters. The first kappa shape index (κ1) is 11.3. The number of thiol groups is 1. The van der Waals surface area contributed by atoms with E-state index >= 15 is 0 Å². The molecule has 0 aromatic rings. The Morgan fingerprint density at radius 1 is 1.46 bits per heavy atom. The van der Waals surface area contributed by atoms with E-state index in [0.29, 0.717) is 5.92 Å². The Morgan fingerprint density at radius 2 is 2.08 bits per heavy atom. The zero-order chi connectivity index (χ0) is 9.68. The van der Waals surface area contributed by atoms with Crippen molar-refractivity contribution in [2.75, 3.05) is 31.9 Å². The summed E-state index contributed by atoms with van der Waals surface area (Å²) in [5, 5.41) is 0. The summed E-state index contributed by atoms with van der Waals surface area (Å²) in [6, 6.07) is 0. The molecule has 13 heavy (non-hydrogen) atoms. The molecule has 3 heteroatoms. The molecule has 1 fully saturated rings. The lowest BCUT2D eigenvalue weighted by Crippen LogP contribution is -2.38. The van der Waals surface area contributed by atoms with Crippen LogP contribution in [0.15, 0.2) is 0 Å². The van der Waals surface area contributed by atoms with Gasteiger partial charge >= 0.3 is 0 Å². The molecule has 0 radical (unpaired) electrons. The maximum absolute atomic E-state index is 5.72. The second kappa shape index (κ2) is 5.89. The summed E-state index contributed by atoms with van der Waals surface area (Å²) in [6.45, 7) is 6.75. The predicted molar refractivity (Wildman–Crippen MR) is 61.2 cm³/mol. The molecule has 0 aromatic heterocycles. The average Bonchev–Trinajstić information content (AvgIpc) is 2.21. The molecule has 2 nitrogen and oxygen atoms in total. The summed E-state index contributed by atoms with van der Waals surface area (Å²) < 4.78 is 0. The minimum atomic E-state index is 0.641. The Bertz CT molecular complexity index is 129. The van der Waals surface area contributed by atoms with Crippen LogP contribution in [0.5, 0.6) is 0 Å². The van der Waals surface area contributed by atoms with Gasteiger partial charge in [-0.15, -0.1) is 0 Å². The van der Waals surface area contributed by atoms with Crippen LogP contribution in [0.25, 0.3) is 0 Å². The standard InChI is InChI=1S/C10H22N2S/c1-2-12-5-3-9(4-6-12)10(7-11)8-13/h9-10,13H,2-8,11H2,1H3. The molecule has 0 saturated carbocycles. The molecular formula is C10H22N2S. The molecule has 0 bridgehead atoms. The van der Waals surface area contributed by atoms with Crippen LogP contribution in [0.1, 0.15) is 19.8 Å². The van der Waals surface area contributed by atoms with E-state index < -0.39 is 0 Å². The first-order valence-corrected chi connectivity index (χ1v) is 5.98. The Kier molecular flexibility index (Phi) is 5.14. The molecule has 78 valence electrons.